The van der Waals surface area contributed by atoms with Crippen molar-refractivity contribution in [3.8, 4) is 5.75 Å². The second-order valence-corrected chi connectivity index (χ2v) is 10.3. The SMILES string of the molecule is Cc1cc(OCc2c(F)cccc2F)c2nc(C)c(C(=O)NOCC3CCCN3C(=O)OC(C)(C)C)n2c1. The summed E-state index contributed by atoms with van der Waals surface area (Å²) in [6, 6.07) is 5.06. The number of fused-ring (bicyclic) bond motifs is 1. The first kappa shape index (κ1) is 27.3. The number of likely N-dealkylation sites (tertiary alicyclic amines) is 1. The Bertz CT molecular complexity index is 1330. The number of hydrogen-bond donors (Lipinski definition) is 1. The molecule has 204 valence electrons. The predicted molar refractivity (Wildman–Crippen MR) is 135 cm³/mol. The molecule has 0 bridgehead atoms. The summed E-state index contributed by atoms with van der Waals surface area (Å²) in [6.45, 7) is 9.20. The molecule has 0 aliphatic carbocycles. The first-order valence-corrected chi connectivity index (χ1v) is 12.4. The van der Waals surface area contributed by atoms with E-state index >= 15 is 0 Å². The molecule has 1 aliphatic rings. The van der Waals surface area contributed by atoms with Crippen molar-refractivity contribution in [3.05, 3.63) is 64.6 Å². The summed E-state index contributed by atoms with van der Waals surface area (Å²) in [5.41, 5.74) is 3.34. The molecule has 3 heterocycles. The normalized spacial score (nSPS) is 15.7. The number of hydrogen-bond acceptors (Lipinski definition) is 6. The van der Waals surface area contributed by atoms with Crippen molar-refractivity contribution in [2.75, 3.05) is 13.2 Å². The Morgan fingerprint density at radius 1 is 1.18 bits per heavy atom. The molecule has 1 atom stereocenters. The molecular weight excluding hydrogens is 498 g/mol. The van der Waals surface area contributed by atoms with Gasteiger partial charge in [-0.2, -0.15) is 0 Å². The molecule has 0 radical (unpaired) electrons. The van der Waals surface area contributed by atoms with Gasteiger partial charge in [-0.25, -0.2) is 24.0 Å². The standard InChI is InChI=1S/C27H32F2N4O5/c1-16-12-22(36-15-19-20(28)9-6-10-21(19)29)24-30-17(2)23(33(24)13-16)25(34)31-37-14-18-8-7-11-32(18)26(35)38-27(3,4)5/h6,9-10,12-13,18H,7-8,11,14-15H2,1-5H3,(H,31,34). The minimum absolute atomic E-state index is 0.0996. The third kappa shape index (κ3) is 6.04. The molecule has 2 amide bonds. The highest BCUT2D eigenvalue weighted by molar-refractivity contribution is 5.94. The summed E-state index contributed by atoms with van der Waals surface area (Å²) >= 11 is 0. The van der Waals surface area contributed by atoms with Crippen LogP contribution in [0.4, 0.5) is 13.6 Å². The number of aryl methyl sites for hydroxylation is 2. The van der Waals surface area contributed by atoms with E-state index in [1.54, 1.807) is 56.2 Å². The molecular formula is C27H32F2N4O5. The maximum Gasteiger partial charge on any atom is 0.410 e. The molecule has 1 aromatic carbocycles. The lowest BCUT2D eigenvalue weighted by Crippen LogP contribution is -2.43. The van der Waals surface area contributed by atoms with Crippen molar-refractivity contribution >= 4 is 17.6 Å². The number of amides is 2. The zero-order valence-electron chi connectivity index (χ0n) is 22.1. The van der Waals surface area contributed by atoms with Gasteiger partial charge < -0.3 is 14.4 Å². The van der Waals surface area contributed by atoms with Crippen LogP contribution in [0.5, 0.6) is 5.75 Å². The summed E-state index contributed by atoms with van der Waals surface area (Å²) in [6.07, 6.45) is 2.84. The Labute approximate surface area is 219 Å². The third-order valence-corrected chi connectivity index (χ3v) is 6.09. The largest absolute Gasteiger partial charge is 0.485 e. The highest BCUT2D eigenvalue weighted by Crippen LogP contribution is 2.26. The summed E-state index contributed by atoms with van der Waals surface area (Å²) in [7, 11) is 0. The molecule has 9 nitrogen and oxygen atoms in total. The lowest BCUT2D eigenvalue weighted by molar-refractivity contribution is -0.00719. The quantitative estimate of drug-likeness (QED) is 0.438. The third-order valence-electron chi connectivity index (χ3n) is 6.09. The lowest BCUT2D eigenvalue weighted by Gasteiger charge is -2.28. The maximum absolute atomic E-state index is 14.1. The van der Waals surface area contributed by atoms with Gasteiger partial charge in [-0.3, -0.25) is 14.0 Å². The van der Waals surface area contributed by atoms with Crippen molar-refractivity contribution in [1.29, 1.82) is 0 Å². The van der Waals surface area contributed by atoms with Crippen molar-refractivity contribution in [1.82, 2.24) is 19.8 Å². The molecule has 1 saturated heterocycles. The van der Waals surface area contributed by atoms with E-state index < -0.39 is 29.2 Å². The van der Waals surface area contributed by atoms with Crippen LogP contribution in [0.2, 0.25) is 0 Å². The van der Waals surface area contributed by atoms with E-state index in [-0.39, 0.29) is 36.3 Å². The summed E-state index contributed by atoms with van der Waals surface area (Å²) < 4.78 is 40.9. The fraction of sp³-hybridized carbons (Fsp3) is 0.444. The highest BCUT2D eigenvalue weighted by Gasteiger charge is 2.32. The van der Waals surface area contributed by atoms with Gasteiger partial charge in [0.1, 0.15) is 29.5 Å². The number of carbonyl (C=O) groups is 2. The predicted octanol–water partition coefficient (Wildman–Crippen LogP) is 4.87. The molecule has 11 heteroatoms. The van der Waals surface area contributed by atoms with Gasteiger partial charge >= 0.3 is 6.09 Å². The van der Waals surface area contributed by atoms with E-state index in [1.165, 1.54) is 6.07 Å². The van der Waals surface area contributed by atoms with Gasteiger partial charge in [0, 0.05) is 12.7 Å². The Morgan fingerprint density at radius 3 is 2.58 bits per heavy atom. The van der Waals surface area contributed by atoms with E-state index in [0.717, 1.165) is 30.5 Å². The first-order chi connectivity index (χ1) is 17.9. The Balaban J connectivity index is 1.45. The first-order valence-electron chi connectivity index (χ1n) is 12.4. The zero-order valence-corrected chi connectivity index (χ0v) is 22.1. The van der Waals surface area contributed by atoms with E-state index in [9.17, 15) is 18.4 Å². The van der Waals surface area contributed by atoms with Crippen molar-refractivity contribution in [2.24, 2.45) is 0 Å². The van der Waals surface area contributed by atoms with Gasteiger partial charge in [0.25, 0.3) is 5.91 Å². The smallest absolute Gasteiger partial charge is 0.410 e. The zero-order chi connectivity index (χ0) is 27.6. The number of imidazole rings is 1. The minimum Gasteiger partial charge on any atom is -0.485 e. The Kier molecular flexibility index (Phi) is 7.86. The Morgan fingerprint density at radius 2 is 1.89 bits per heavy atom. The van der Waals surface area contributed by atoms with Gasteiger partial charge in [0.15, 0.2) is 11.4 Å². The summed E-state index contributed by atoms with van der Waals surface area (Å²) in [4.78, 5) is 37.1. The minimum atomic E-state index is -0.710. The van der Waals surface area contributed by atoms with Crippen LogP contribution in [0.25, 0.3) is 5.65 Å². The van der Waals surface area contributed by atoms with Crippen LogP contribution in [0.3, 0.4) is 0 Å². The number of hydroxylamine groups is 1. The van der Waals surface area contributed by atoms with Crippen LogP contribution < -0.4 is 10.2 Å². The number of ether oxygens (including phenoxy) is 2. The van der Waals surface area contributed by atoms with Crippen LogP contribution in [0.15, 0.2) is 30.5 Å². The molecule has 0 spiro atoms. The number of halogens is 2. The Hall–Kier alpha value is -3.73. The number of nitrogens with zero attached hydrogens (tertiary/aromatic N) is 3. The number of rotatable bonds is 7. The van der Waals surface area contributed by atoms with Crippen molar-refractivity contribution in [2.45, 2.75) is 65.7 Å². The van der Waals surface area contributed by atoms with Crippen molar-refractivity contribution in [3.63, 3.8) is 0 Å². The van der Waals surface area contributed by atoms with Crippen LogP contribution >= 0.6 is 0 Å². The average molecular weight is 531 g/mol. The van der Waals surface area contributed by atoms with E-state index in [1.807, 2.05) is 0 Å². The number of nitrogens with one attached hydrogen (secondary N) is 1. The fourth-order valence-electron chi connectivity index (χ4n) is 4.38. The topological polar surface area (TPSA) is 94.4 Å². The van der Waals surface area contributed by atoms with E-state index in [0.29, 0.717) is 17.9 Å². The van der Waals surface area contributed by atoms with Crippen LogP contribution in [0.1, 0.15) is 60.9 Å². The van der Waals surface area contributed by atoms with Gasteiger partial charge in [-0.05, 0) is 71.2 Å². The van der Waals surface area contributed by atoms with Crippen LogP contribution in [-0.2, 0) is 16.2 Å². The van der Waals surface area contributed by atoms with Gasteiger partial charge in [0.2, 0.25) is 0 Å². The van der Waals surface area contributed by atoms with Crippen LogP contribution in [-0.4, -0.2) is 51.1 Å². The molecule has 1 aliphatic heterocycles. The molecule has 2 aromatic heterocycles. The van der Waals surface area contributed by atoms with Crippen LogP contribution in [0, 0.1) is 25.5 Å². The van der Waals surface area contributed by atoms with Gasteiger partial charge in [0.05, 0.1) is 23.9 Å². The lowest BCUT2D eigenvalue weighted by atomic mass is 10.2. The fourth-order valence-corrected chi connectivity index (χ4v) is 4.38. The molecule has 1 unspecified atom stereocenters. The monoisotopic (exact) mass is 530 g/mol. The number of benzene rings is 1. The summed E-state index contributed by atoms with van der Waals surface area (Å²) in [5, 5.41) is 0. The van der Waals surface area contributed by atoms with Crippen molar-refractivity contribution < 1.29 is 32.7 Å². The molecule has 0 saturated carbocycles. The average Bonchev–Trinajstić information content (AvgIpc) is 3.41. The van der Waals surface area contributed by atoms with Gasteiger partial charge in [-0.15, -0.1) is 0 Å². The van der Waals surface area contributed by atoms with Gasteiger partial charge in [-0.1, -0.05) is 6.07 Å². The second kappa shape index (κ2) is 10.9. The molecule has 38 heavy (non-hydrogen) atoms. The highest BCUT2D eigenvalue weighted by atomic mass is 19.1. The number of aromatic nitrogens is 2. The number of carbonyl (C=O) groups excluding carboxylic acids is 2. The second-order valence-electron chi connectivity index (χ2n) is 10.3. The van der Waals surface area contributed by atoms with E-state index in [2.05, 4.69) is 10.5 Å². The summed E-state index contributed by atoms with van der Waals surface area (Å²) in [5.74, 6) is -1.68. The molecule has 1 fully saturated rings. The molecule has 1 N–H and O–H groups in total. The molecule has 4 rings (SSSR count). The number of pyridine rings is 1. The molecule has 3 aromatic rings. The van der Waals surface area contributed by atoms with E-state index in [4.69, 9.17) is 14.3 Å². The maximum atomic E-state index is 14.1.